The van der Waals surface area contributed by atoms with Crippen molar-refractivity contribution in [3.8, 4) is 6.07 Å². The Bertz CT molecular complexity index is 313. The molecule has 2 fully saturated rings. The number of rotatable bonds is 7. The molecule has 108 valence electrons. The molecule has 1 heterocycles. The van der Waals surface area contributed by atoms with E-state index in [0.29, 0.717) is 6.04 Å². The average molecular weight is 264 g/mol. The van der Waals surface area contributed by atoms with Gasteiger partial charge in [-0.2, -0.15) is 5.26 Å². The Morgan fingerprint density at radius 2 is 1.84 bits per heavy atom. The SMILES string of the molecule is CCN1CCN(CCCC(C)(C#N)NC2CC2)CC1. The Hall–Kier alpha value is -0.630. The maximum Gasteiger partial charge on any atom is 0.104 e. The molecule has 4 nitrogen and oxygen atoms in total. The standard InChI is InChI=1S/C15H28N4/c1-3-18-9-11-19(12-10-18)8-4-7-15(2,13-16)17-14-5-6-14/h14,17H,3-12H2,1-2H3. The molecule has 4 heteroatoms. The molecule has 1 aliphatic carbocycles. The number of nitrogens with one attached hydrogen (secondary N) is 1. The van der Waals surface area contributed by atoms with E-state index >= 15 is 0 Å². The minimum atomic E-state index is -0.313. The zero-order valence-electron chi connectivity index (χ0n) is 12.5. The van der Waals surface area contributed by atoms with Gasteiger partial charge in [0.25, 0.3) is 0 Å². The molecule has 1 aliphatic heterocycles. The minimum absolute atomic E-state index is 0.313. The Labute approximate surface area is 117 Å². The summed E-state index contributed by atoms with van der Waals surface area (Å²) in [7, 11) is 0. The molecule has 0 radical (unpaired) electrons. The van der Waals surface area contributed by atoms with Crippen molar-refractivity contribution < 1.29 is 0 Å². The van der Waals surface area contributed by atoms with Crippen molar-refractivity contribution in [1.82, 2.24) is 15.1 Å². The molecule has 0 amide bonds. The average Bonchev–Trinajstić information content (AvgIpc) is 3.23. The third-order valence-electron chi connectivity index (χ3n) is 4.41. The Morgan fingerprint density at radius 3 is 2.37 bits per heavy atom. The van der Waals surface area contributed by atoms with Gasteiger partial charge >= 0.3 is 0 Å². The summed E-state index contributed by atoms with van der Waals surface area (Å²) in [4.78, 5) is 5.05. The van der Waals surface area contributed by atoms with Gasteiger partial charge in [-0.1, -0.05) is 6.92 Å². The molecule has 19 heavy (non-hydrogen) atoms. The van der Waals surface area contributed by atoms with Crippen LogP contribution in [-0.2, 0) is 0 Å². The van der Waals surface area contributed by atoms with Crippen molar-refractivity contribution in [3.63, 3.8) is 0 Å². The van der Waals surface area contributed by atoms with Crippen LogP contribution in [0, 0.1) is 11.3 Å². The molecule has 1 atom stereocenters. The first-order valence-corrected chi connectivity index (χ1v) is 7.79. The van der Waals surface area contributed by atoms with Gasteiger partial charge < -0.3 is 9.80 Å². The largest absolute Gasteiger partial charge is 0.301 e. The van der Waals surface area contributed by atoms with E-state index in [2.05, 4.69) is 35.0 Å². The summed E-state index contributed by atoms with van der Waals surface area (Å²) in [6.07, 6.45) is 4.58. The van der Waals surface area contributed by atoms with Gasteiger partial charge in [0.2, 0.25) is 0 Å². The van der Waals surface area contributed by atoms with Crippen LogP contribution in [0.4, 0.5) is 0 Å². The van der Waals surface area contributed by atoms with E-state index in [9.17, 15) is 5.26 Å². The summed E-state index contributed by atoms with van der Waals surface area (Å²) in [6, 6.07) is 3.07. The number of piperazine rings is 1. The summed E-state index contributed by atoms with van der Waals surface area (Å²) < 4.78 is 0. The van der Waals surface area contributed by atoms with Gasteiger partial charge in [0.05, 0.1) is 6.07 Å². The first-order chi connectivity index (χ1) is 9.15. The highest BCUT2D eigenvalue weighted by Crippen LogP contribution is 2.24. The number of nitrogens with zero attached hydrogens (tertiary/aromatic N) is 3. The second kappa shape index (κ2) is 6.69. The first-order valence-electron chi connectivity index (χ1n) is 7.79. The van der Waals surface area contributed by atoms with Crippen LogP contribution < -0.4 is 5.32 Å². The van der Waals surface area contributed by atoms with Crippen molar-refractivity contribution in [2.75, 3.05) is 39.3 Å². The lowest BCUT2D eigenvalue weighted by Crippen LogP contribution is -2.47. The molecule has 2 aliphatic rings. The number of nitriles is 1. The molecular formula is C15H28N4. The Kier molecular flexibility index (Phi) is 5.20. The first kappa shape index (κ1) is 14.8. The molecule has 0 aromatic rings. The van der Waals surface area contributed by atoms with Gasteiger partial charge in [-0.25, -0.2) is 0 Å². The minimum Gasteiger partial charge on any atom is -0.301 e. The van der Waals surface area contributed by atoms with Crippen LogP contribution in [0.3, 0.4) is 0 Å². The summed E-state index contributed by atoms with van der Waals surface area (Å²) in [5.74, 6) is 0. The fourth-order valence-electron chi connectivity index (χ4n) is 2.82. The van der Waals surface area contributed by atoms with Crippen LogP contribution in [0.25, 0.3) is 0 Å². The van der Waals surface area contributed by atoms with Gasteiger partial charge in [-0.15, -0.1) is 0 Å². The quantitative estimate of drug-likeness (QED) is 0.755. The van der Waals surface area contributed by atoms with Gasteiger partial charge in [0, 0.05) is 32.2 Å². The maximum absolute atomic E-state index is 9.33. The van der Waals surface area contributed by atoms with E-state index in [1.165, 1.54) is 45.6 Å². The Balaban J connectivity index is 1.64. The Morgan fingerprint density at radius 1 is 1.21 bits per heavy atom. The monoisotopic (exact) mass is 264 g/mol. The van der Waals surface area contributed by atoms with E-state index < -0.39 is 0 Å². The molecule has 0 aromatic carbocycles. The van der Waals surface area contributed by atoms with E-state index in [0.717, 1.165) is 19.4 Å². The molecule has 2 rings (SSSR count). The third kappa shape index (κ3) is 4.76. The number of hydrogen-bond acceptors (Lipinski definition) is 4. The highest BCUT2D eigenvalue weighted by molar-refractivity contribution is 5.07. The van der Waals surface area contributed by atoms with Crippen LogP contribution in [0.15, 0.2) is 0 Å². The predicted molar refractivity (Wildman–Crippen MR) is 78.0 cm³/mol. The molecule has 1 unspecified atom stereocenters. The summed E-state index contributed by atoms with van der Waals surface area (Å²) in [6.45, 7) is 11.4. The van der Waals surface area contributed by atoms with Crippen molar-refractivity contribution >= 4 is 0 Å². The second-order valence-electron chi connectivity index (χ2n) is 6.24. The molecule has 1 saturated heterocycles. The lowest BCUT2D eigenvalue weighted by Gasteiger charge is -2.34. The van der Waals surface area contributed by atoms with Crippen LogP contribution >= 0.6 is 0 Å². The van der Waals surface area contributed by atoms with Gasteiger partial charge in [0.1, 0.15) is 5.54 Å². The molecule has 1 saturated carbocycles. The zero-order chi connectivity index (χ0) is 13.7. The molecular weight excluding hydrogens is 236 g/mol. The van der Waals surface area contributed by atoms with E-state index in [4.69, 9.17) is 0 Å². The van der Waals surface area contributed by atoms with Crippen LogP contribution in [-0.4, -0.2) is 60.6 Å². The van der Waals surface area contributed by atoms with E-state index in [1.807, 2.05) is 0 Å². The van der Waals surface area contributed by atoms with Crippen molar-refractivity contribution in [3.05, 3.63) is 0 Å². The highest BCUT2D eigenvalue weighted by atomic mass is 15.3. The molecule has 0 spiro atoms. The van der Waals surface area contributed by atoms with Gasteiger partial charge in [0.15, 0.2) is 0 Å². The summed E-state index contributed by atoms with van der Waals surface area (Å²) in [5.41, 5.74) is -0.313. The lowest BCUT2D eigenvalue weighted by molar-refractivity contribution is 0.134. The number of hydrogen-bond donors (Lipinski definition) is 1. The van der Waals surface area contributed by atoms with Crippen molar-refractivity contribution in [1.29, 1.82) is 5.26 Å². The highest BCUT2D eigenvalue weighted by Gasteiger charge is 2.32. The summed E-state index contributed by atoms with van der Waals surface area (Å²) >= 11 is 0. The summed E-state index contributed by atoms with van der Waals surface area (Å²) in [5, 5.41) is 12.8. The van der Waals surface area contributed by atoms with Crippen molar-refractivity contribution in [2.45, 2.75) is 51.1 Å². The fourth-order valence-corrected chi connectivity index (χ4v) is 2.82. The van der Waals surface area contributed by atoms with Gasteiger partial charge in [-0.3, -0.25) is 5.32 Å². The fraction of sp³-hybridized carbons (Fsp3) is 0.933. The normalized spacial score (nSPS) is 24.9. The van der Waals surface area contributed by atoms with E-state index in [1.54, 1.807) is 0 Å². The maximum atomic E-state index is 9.33. The van der Waals surface area contributed by atoms with Crippen LogP contribution in [0.1, 0.15) is 39.5 Å². The molecule has 0 bridgehead atoms. The lowest BCUT2D eigenvalue weighted by atomic mass is 9.97. The third-order valence-corrected chi connectivity index (χ3v) is 4.41. The van der Waals surface area contributed by atoms with Crippen LogP contribution in [0.2, 0.25) is 0 Å². The zero-order valence-corrected chi connectivity index (χ0v) is 12.5. The number of likely N-dealkylation sites (N-methyl/N-ethyl adjacent to an activating group) is 1. The van der Waals surface area contributed by atoms with Crippen molar-refractivity contribution in [2.24, 2.45) is 0 Å². The molecule has 1 N–H and O–H groups in total. The topological polar surface area (TPSA) is 42.3 Å². The van der Waals surface area contributed by atoms with Gasteiger partial charge in [-0.05, 0) is 45.7 Å². The molecule has 0 aromatic heterocycles. The van der Waals surface area contributed by atoms with Crippen LogP contribution in [0.5, 0.6) is 0 Å². The smallest absolute Gasteiger partial charge is 0.104 e. The second-order valence-corrected chi connectivity index (χ2v) is 6.24. The van der Waals surface area contributed by atoms with E-state index in [-0.39, 0.29) is 5.54 Å². The predicted octanol–water partition coefficient (Wildman–Crippen LogP) is 1.44.